The summed E-state index contributed by atoms with van der Waals surface area (Å²) in [5, 5.41) is 3.48. The smallest absolute Gasteiger partial charge is 0.214 e. The van der Waals surface area contributed by atoms with E-state index in [1.165, 1.54) is 18.5 Å². The molecule has 1 aliphatic heterocycles. The highest BCUT2D eigenvalue weighted by atomic mass is 16.5. The molecule has 4 heteroatoms. The minimum Gasteiger partial charge on any atom is -0.481 e. The molecule has 1 fully saturated rings. The van der Waals surface area contributed by atoms with E-state index in [0.717, 1.165) is 26.1 Å². The van der Waals surface area contributed by atoms with Crippen LogP contribution < -0.4 is 15.0 Å². The third kappa shape index (κ3) is 3.13. The molecule has 0 saturated carbocycles. The summed E-state index contributed by atoms with van der Waals surface area (Å²) in [7, 11) is 1.67. The number of rotatable bonds is 5. The molecule has 1 aromatic rings. The van der Waals surface area contributed by atoms with Crippen LogP contribution in [-0.2, 0) is 0 Å². The van der Waals surface area contributed by atoms with Crippen molar-refractivity contribution in [2.45, 2.75) is 32.2 Å². The van der Waals surface area contributed by atoms with Crippen molar-refractivity contribution in [3.63, 3.8) is 0 Å². The molecule has 0 aromatic carbocycles. The Morgan fingerprint density at radius 3 is 3.11 bits per heavy atom. The fourth-order valence-corrected chi connectivity index (χ4v) is 2.55. The van der Waals surface area contributed by atoms with Crippen LogP contribution in [0.5, 0.6) is 5.88 Å². The molecule has 1 aliphatic rings. The summed E-state index contributed by atoms with van der Waals surface area (Å²) in [4.78, 5) is 6.66. The molecule has 0 amide bonds. The largest absolute Gasteiger partial charge is 0.481 e. The maximum absolute atomic E-state index is 5.22. The summed E-state index contributed by atoms with van der Waals surface area (Å²) in [6.07, 6.45) is 5.50. The first-order chi connectivity index (χ1) is 8.85. The summed E-state index contributed by atoms with van der Waals surface area (Å²) < 4.78 is 5.22. The van der Waals surface area contributed by atoms with E-state index < -0.39 is 0 Å². The third-order valence-corrected chi connectivity index (χ3v) is 3.44. The van der Waals surface area contributed by atoms with Gasteiger partial charge in [0, 0.05) is 37.1 Å². The zero-order valence-corrected chi connectivity index (χ0v) is 11.4. The first-order valence-corrected chi connectivity index (χ1v) is 6.82. The van der Waals surface area contributed by atoms with Gasteiger partial charge in [0.1, 0.15) is 0 Å². The van der Waals surface area contributed by atoms with E-state index >= 15 is 0 Å². The number of methoxy groups -OCH3 is 1. The van der Waals surface area contributed by atoms with Gasteiger partial charge in [0.05, 0.1) is 7.11 Å². The Hall–Kier alpha value is -1.29. The lowest BCUT2D eigenvalue weighted by Crippen LogP contribution is -2.46. The number of piperidine rings is 1. The van der Waals surface area contributed by atoms with Gasteiger partial charge in [-0.2, -0.15) is 0 Å². The summed E-state index contributed by atoms with van der Waals surface area (Å²) in [6, 6.07) is 4.70. The van der Waals surface area contributed by atoms with Crippen molar-refractivity contribution in [2.24, 2.45) is 0 Å². The monoisotopic (exact) mass is 249 g/mol. The minimum atomic E-state index is 0.589. The number of nitrogens with one attached hydrogen (secondary N) is 1. The van der Waals surface area contributed by atoms with Crippen LogP contribution in [0.25, 0.3) is 0 Å². The Morgan fingerprint density at radius 1 is 1.56 bits per heavy atom. The number of anilines is 1. The highest BCUT2D eigenvalue weighted by Crippen LogP contribution is 2.23. The summed E-state index contributed by atoms with van der Waals surface area (Å²) >= 11 is 0. The van der Waals surface area contributed by atoms with Gasteiger partial charge in [0.2, 0.25) is 5.88 Å². The van der Waals surface area contributed by atoms with Crippen LogP contribution >= 0.6 is 0 Å². The van der Waals surface area contributed by atoms with E-state index in [1.807, 2.05) is 12.3 Å². The van der Waals surface area contributed by atoms with Crippen LogP contribution in [0.15, 0.2) is 18.3 Å². The minimum absolute atomic E-state index is 0.589. The summed E-state index contributed by atoms with van der Waals surface area (Å²) in [6.45, 7) is 5.53. The van der Waals surface area contributed by atoms with Crippen LogP contribution in [0.1, 0.15) is 26.2 Å². The Labute approximate surface area is 109 Å². The topological polar surface area (TPSA) is 37.4 Å². The molecule has 2 heterocycles. The average molecular weight is 249 g/mol. The third-order valence-electron chi connectivity index (χ3n) is 3.44. The van der Waals surface area contributed by atoms with Gasteiger partial charge in [-0.15, -0.1) is 0 Å². The van der Waals surface area contributed by atoms with Gasteiger partial charge in [-0.25, -0.2) is 4.98 Å². The molecule has 0 spiro atoms. The Bertz CT molecular complexity index is 364. The number of aromatic nitrogens is 1. The summed E-state index contributed by atoms with van der Waals surface area (Å²) in [5.41, 5.74) is 1.22. The number of ether oxygens (including phenoxy) is 1. The van der Waals surface area contributed by atoms with E-state index in [9.17, 15) is 0 Å². The molecule has 0 radical (unpaired) electrons. The number of pyridine rings is 1. The van der Waals surface area contributed by atoms with Gasteiger partial charge >= 0.3 is 0 Å². The Balaban J connectivity index is 2.16. The van der Waals surface area contributed by atoms with E-state index in [2.05, 4.69) is 28.2 Å². The first kappa shape index (κ1) is 13.1. The molecule has 2 rings (SSSR count). The Morgan fingerprint density at radius 2 is 2.44 bits per heavy atom. The fraction of sp³-hybridized carbons (Fsp3) is 0.643. The normalized spacial score (nSPS) is 19.6. The van der Waals surface area contributed by atoms with Gasteiger partial charge in [0.15, 0.2) is 0 Å². The quantitative estimate of drug-likeness (QED) is 0.866. The second-order valence-corrected chi connectivity index (χ2v) is 4.75. The zero-order valence-electron chi connectivity index (χ0n) is 11.4. The van der Waals surface area contributed by atoms with E-state index in [0.29, 0.717) is 11.9 Å². The average Bonchev–Trinajstić information content (AvgIpc) is 2.46. The van der Waals surface area contributed by atoms with Gasteiger partial charge in [0.25, 0.3) is 0 Å². The van der Waals surface area contributed by atoms with Crippen molar-refractivity contribution >= 4 is 5.69 Å². The molecule has 1 saturated heterocycles. The molecule has 18 heavy (non-hydrogen) atoms. The predicted octanol–water partition coefficient (Wildman–Crippen LogP) is 2.06. The van der Waals surface area contributed by atoms with Crippen molar-refractivity contribution < 1.29 is 4.74 Å². The maximum atomic E-state index is 5.22. The molecule has 1 N–H and O–H groups in total. The molecule has 4 nitrogen and oxygen atoms in total. The van der Waals surface area contributed by atoms with Crippen LogP contribution in [-0.4, -0.2) is 37.8 Å². The van der Waals surface area contributed by atoms with Crippen LogP contribution in [0.2, 0.25) is 0 Å². The van der Waals surface area contributed by atoms with Crippen LogP contribution in [0.3, 0.4) is 0 Å². The molecular weight excluding hydrogens is 226 g/mol. The van der Waals surface area contributed by atoms with Gasteiger partial charge < -0.3 is 15.0 Å². The SMILES string of the molecule is CCCN(c1ccnc(OC)c1)C1CCCNC1. The Kier molecular flexibility index (Phi) is 4.81. The zero-order chi connectivity index (χ0) is 12.8. The van der Waals surface area contributed by atoms with Crippen molar-refractivity contribution in [1.82, 2.24) is 10.3 Å². The van der Waals surface area contributed by atoms with Crippen molar-refractivity contribution in [3.8, 4) is 5.88 Å². The van der Waals surface area contributed by atoms with Gasteiger partial charge in [-0.05, 0) is 31.9 Å². The van der Waals surface area contributed by atoms with Crippen molar-refractivity contribution in [1.29, 1.82) is 0 Å². The van der Waals surface area contributed by atoms with E-state index in [-0.39, 0.29) is 0 Å². The molecule has 100 valence electrons. The standard InChI is InChI=1S/C14H23N3O/c1-3-9-17(13-5-4-7-15-11-13)12-6-8-16-14(10-12)18-2/h6,8,10,13,15H,3-5,7,9,11H2,1-2H3. The second-order valence-electron chi connectivity index (χ2n) is 4.75. The van der Waals surface area contributed by atoms with Crippen molar-refractivity contribution in [3.05, 3.63) is 18.3 Å². The number of nitrogens with zero attached hydrogens (tertiary/aromatic N) is 2. The highest BCUT2D eigenvalue weighted by Gasteiger charge is 2.20. The lowest BCUT2D eigenvalue weighted by atomic mass is 10.0. The van der Waals surface area contributed by atoms with Crippen molar-refractivity contribution in [2.75, 3.05) is 31.6 Å². The fourth-order valence-electron chi connectivity index (χ4n) is 2.55. The molecular formula is C14H23N3O. The van der Waals surface area contributed by atoms with E-state index in [4.69, 9.17) is 4.74 Å². The molecule has 1 unspecified atom stereocenters. The maximum Gasteiger partial charge on any atom is 0.214 e. The molecule has 0 aliphatic carbocycles. The molecule has 0 bridgehead atoms. The van der Waals surface area contributed by atoms with Crippen LogP contribution in [0.4, 0.5) is 5.69 Å². The molecule has 1 aromatic heterocycles. The molecule has 1 atom stereocenters. The van der Waals surface area contributed by atoms with Gasteiger partial charge in [-0.1, -0.05) is 6.92 Å². The first-order valence-electron chi connectivity index (χ1n) is 6.82. The number of hydrogen-bond acceptors (Lipinski definition) is 4. The van der Waals surface area contributed by atoms with Gasteiger partial charge in [-0.3, -0.25) is 0 Å². The predicted molar refractivity (Wildman–Crippen MR) is 74.3 cm³/mol. The van der Waals surface area contributed by atoms with Crippen LogP contribution in [0, 0.1) is 0 Å². The lowest BCUT2D eigenvalue weighted by molar-refractivity contribution is 0.396. The highest BCUT2D eigenvalue weighted by molar-refractivity contribution is 5.49. The van der Waals surface area contributed by atoms with E-state index in [1.54, 1.807) is 7.11 Å². The second kappa shape index (κ2) is 6.59. The summed E-state index contributed by atoms with van der Waals surface area (Å²) in [5.74, 6) is 0.692. The number of hydrogen-bond donors (Lipinski definition) is 1. The lowest BCUT2D eigenvalue weighted by Gasteiger charge is -2.36.